The summed E-state index contributed by atoms with van der Waals surface area (Å²) in [6.45, 7) is 4.49. The Kier molecular flexibility index (Phi) is 5.37. The molecule has 0 spiro atoms. The molecular formula is C27H25N5O2. The lowest BCUT2D eigenvalue weighted by Crippen LogP contribution is -2.15. The molecule has 34 heavy (non-hydrogen) atoms. The summed E-state index contributed by atoms with van der Waals surface area (Å²) in [6, 6.07) is 21.1. The standard InChI is InChI=1S/C27H25N5O2/c1-16-8-11-19(14-17(16)2)29-27(33)23-24-26(31-22-7-5-4-6-21(22)30-24)32(25(23)28)15-18-9-12-20(34-3)13-10-18/h4-14H,15,28H2,1-3H3,(H,29,33). The summed E-state index contributed by atoms with van der Waals surface area (Å²) < 4.78 is 7.10. The summed E-state index contributed by atoms with van der Waals surface area (Å²) in [6.07, 6.45) is 0. The Morgan fingerprint density at radius 2 is 1.68 bits per heavy atom. The van der Waals surface area contributed by atoms with Gasteiger partial charge in [-0.1, -0.05) is 30.3 Å². The Bertz CT molecular complexity index is 1540. The molecule has 0 saturated heterocycles. The lowest BCUT2D eigenvalue weighted by molar-refractivity contribution is 0.102. The number of nitrogens with zero attached hydrogens (tertiary/aromatic N) is 3. The third kappa shape index (κ3) is 3.81. The van der Waals surface area contributed by atoms with Gasteiger partial charge in [0.1, 0.15) is 22.6 Å². The van der Waals surface area contributed by atoms with Gasteiger partial charge in [0.2, 0.25) is 0 Å². The molecule has 0 fully saturated rings. The number of fused-ring (bicyclic) bond motifs is 2. The molecule has 3 aromatic carbocycles. The number of ether oxygens (including phenoxy) is 1. The van der Waals surface area contributed by atoms with E-state index in [-0.39, 0.29) is 5.91 Å². The number of methoxy groups -OCH3 is 1. The van der Waals surface area contributed by atoms with Crippen LogP contribution in [0.15, 0.2) is 66.7 Å². The molecule has 1 amide bonds. The Labute approximate surface area is 197 Å². The van der Waals surface area contributed by atoms with E-state index in [0.29, 0.717) is 40.3 Å². The highest BCUT2D eigenvalue weighted by molar-refractivity contribution is 6.16. The largest absolute Gasteiger partial charge is 0.497 e. The molecule has 0 bridgehead atoms. The topological polar surface area (TPSA) is 95.1 Å². The Balaban J connectivity index is 1.63. The van der Waals surface area contributed by atoms with Gasteiger partial charge in [0.05, 0.1) is 24.7 Å². The molecule has 170 valence electrons. The van der Waals surface area contributed by atoms with Gasteiger partial charge in [0, 0.05) is 5.69 Å². The third-order valence-corrected chi connectivity index (χ3v) is 6.08. The van der Waals surface area contributed by atoms with Crippen molar-refractivity contribution in [3.05, 3.63) is 89.0 Å². The zero-order valence-corrected chi connectivity index (χ0v) is 19.3. The van der Waals surface area contributed by atoms with E-state index in [1.165, 1.54) is 0 Å². The number of aromatic nitrogens is 3. The van der Waals surface area contributed by atoms with Crippen LogP contribution >= 0.6 is 0 Å². The lowest BCUT2D eigenvalue weighted by atomic mass is 10.1. The molecule has 7 heteroatoms. The minimum absolute atomic E-state index is 0.316. The predicted molar refractivity (Wildman–Crippen MR) is 135 cm³/mol. The van der Waals surface area contributed by atoms with Crippen molar-refractivity contribution in [3.8, 4) is 5.75 Å². The number of amides is 1. The summed E-state index contributed by atoms with van der Waals surface area (Å²) in [5.41, 5.74) is 13.4. The Morgan fingerprint density at radius 3 is 2.35 bits per heavy atom. The van der Waals surface area contributed by atoms with E-state index in [0.717, 1.165) is 28.0 Å². The number of anilines is 2. The lowest BCUT2D eigenvalue weighted by Gasteiger charge is -2.10. The molecule has 0 aliphatic heterocycles. The van der Waals surface area contributed by atoms with Crippen LogP contribution in [-0.4, -0.2) is 27.6 Å². The average molecular weight is 452 g/mol. The highest BCUT2D eigenvalue weighted by Gasteiger charge is 2.24. The number of hydrogen-bond acceptors (Lipinski definition) is 5. The number of benzene rings is 3. The molecule has 0 atom stereocenters. The van der Waals surface area contributed by atoms with E-state index in [1.54, 1.807) is 7.11 Å². The summed E-state index contributed by atoms with van der Waals surface area (Å²) in [5, 5.41) is 2.98. The van der Waals surface area contributed by atoms with Gasteiger partial charge in [0.15, 0.2) is 5.65 Å². The molecule has 2 aromatic heterocycles. The number of rotatable bonds is 5. The van der Waals surface area contributed by atoms with E-state index in [4.69, 9.17) is 20.4 Å². The highest BCUT2D eigenvalue weighted by Crippen LogP contribution is 2.30. The number of para-hydroxylation sites is 2. The number of carbonyl (C=O) groups is 1. The molecule has 7 nitrogen and oxygen atoms in total. The van der Waals surface area contributed by atoms with Crippen molar-refractivity contribution in [1.29, 1.82) is 0 Å². The van der Waals surface area contributed by atoms with Crippen LogP contribution in [0.1, 0.15) is 27.0 Å². The quantitative estimate of drug-likeness (QED) is 0.388. The monoisotopic (exact) mass is 451 g/mol. The molecule has 0 radical (unpaired) electrons. The number of hydrogen-bond donors (Lipinski definition) is 2. The zero-order valence-electron chi connectivity index (χ0n) is 19.3. The van der Waals surface area contributed by atoms with Crippen molar-refractivity contribution in [2.24, 2.45) is 0 Å². The van der Waals surface area contributed by atoms with Crippen molar-refractivity contribution in [1.82, 2.24) is 14.5 Å². The van der Waals surface area contributed by atoms with Gasteiger partial charge >= 0.3 is 0 Å². The normalized spacial score (nSPS) is 11.1. The Morgan fingerprint density at radius 1 is 0.971 bits per heavy atom. The number of nitrogen functional groups attached to an aromatic ring is 1. The van der Waals surface area contributed by atoms with E-state index >= 15 is 0 Å². The third-order valence-electron chi connectivity index (χ3n) is 6.08. The smallest absolute Gasteiger partial charge is 0.261 e. The van der Waals surface area contributed by atoms with Crippen LogP contribution < -0.4 is 15.8 Å². The molecule has 5 rings (SSSR count). The molecule has 0 aliphatic carbocycles. The predicted octanol–water partition coefficient (Wildman–Crippen LogP) is 5.09. The van der Waals surface area contributed by atoms with Gasteiger partial charge in [-0.15, -0.1) is 0 Å². The maximum atomic E-state index is 13.4. The van der Waals surface area contributed by atoms with Gasteiger partial charge in [-0.2, -0.15) is 0 Å². The van der Waals surface area contributed by atoms with Crippen molar-refractivity contribution in [2.45, 2.75) is 20.4 Å². The fraction of sp³-hybridized carbons (Fsp3) is 0.148. The first-order chi connectivity index (χ1) is 16.4. The first kappa shape index (κ1) is 21.5. The van der Waals surface area contributed by atoms with Crippen LogP contribution in [0, 0.1) is 13.8 Å². The van der Waals surface area contributed by atoms with Crippen molar-refractivity contribution in [2.75, 3.05) is 18.2 Å². The minimum atomic E-state index is -0.316. The second kappa shape index (κ2) is 8.51. The summed E-state index contributed by atoms with van der Waals surface area (Å²) in [7, 11) is 1.63. The van der Waals surface area contributed by atoms with E-state index in [9.17, 15) is 4.79 Å². The van der Waals surface area contributed by atoms with Crippen LogP contribution in [0.3, 0.4) is 0 Å². The fourth-order valence-corrected chi connectivity index (χ4v) is 4.03. The van der Waals surface area contributed by atoms with Crippen LogP contribution in [0.25, 0.3) is 22.2 Å². The molecule has 0 unspecified atom stereocenters. The molecule has 5 aromatic rings. The summed E-state index contributed by atoms with van der Waals surface area (Å²) >= 11 is 0. The van der Waals surface area contributed by atoms with Gasteiger partial charge < -0.3 is 20.4 Å². The van der Waals surface area contributed by atoms with E-state index < -0.39 is 0 Å². The number of carbonyl (C=O) groups excluding carboxylic acids is 1. The molecule has 0 saturated carbocycles. The first-order valence-electron chi connectivity index (χ1n) is 11.0. The van der Waals surface area contributed by atoms with Gasteiger partial charge in [0.25, 0.3) is 5.91 Å². The molecular weight excluding hydrogens is 426 g/mol. The summed E-state index contributed by atoms with van der Waals surface area (Å²) in [4.78, 5) is 23.0. The molecule has 3 N–H and O–H groups in total. The molecule has 2 heterocycles. The second-order valence-electron chi connectivity index (χ2n) is 8.33. The van der Waals surface area contributed by atoms with Crippen LogP contribution in [0.5, 0.6) is 5.75 Å². The van der Waals surface area contributed by atoms with Crippen molar-refractivity contribution in [3.63, 3.8) is 0 Å². The zero-order chi connectivity index (χ0) is 23.8. The van der Waals surface area contributed by atoms with Crippen LogP contribution in [0.4, 0.5) is 11.5 Å². The second-order valence-corrected chi connectivity index (χ2v) is 8.33. The average Bonchev–Trinajstić information content (AvgIpc) is 3.10. The minimum Gasteiger partial charge on any atom is -0.497 e. The van der Waals surface area contributed by atoms with Gasteiger partial charge in [-0.3, -0.25) is 4.79 Å². The number of nitrogens with one attached hydrogen (secondary N) is 1. The summed E-state index contributed by atoms with van der Waals surface area (Å²) in [5.74, 6) is 0.777. The van der Waals surface area contributed by atoms with Gasteiger partial charge in [-0.25, -0.2) is 9.97 Å². The van der Waals surface area contributed by atoms with E-state index in [2.05, 4.69) is 5.32 Å². The van der Waals surface area contributed by atoms with Crippen LogP contribution in [-0.2, 0) is 6.54 Å². The highest BCUT2D eigenvalue weighted by atomic mass is 16.5. The Hall–Kier alpha value is -4.39. The number of nitrogens with two attached hydrogens (primary N) is 1. The molecule has 0 aliphatic rings. The van der Waals surface area contributed by atoms with Crippen LogP contribution in [0.2, 0.25) is 0 Å². The first-order valence-corrected chi connectivity index (χ1v) is 11.0. The maximum absolute atomic E-state index is 13.4. The SMILES string of the molecule is COc1ccc(Cn2c(N)c(C(=O)Nc3ccc(C)c(C)c3)c3nc4ccccc4nc32)cc1. The van der Waals surface area contributed by atoms with E-state index in [1.807, 2.05) is 85.1 Å². The van der Waals surface area contributed by atoms with Gasteiger partial charge in [-0.05, 0) is 66.9 Å². The maximum Gasteiger partial charge on any atom is 0.261 e. The van der Waals surface area contributed by atoms with Crippen molar-refractivity contribution >= 4 is 39.6 Å². The number of aryl methyl sites for hydroxylation is 2. The fourth-order valence-electron chi connectivity index (χ4n) is 4.03. The van der Waals surface area contributed by atoms with Crippen molar-refractivity contribution < 1.29 is 9.53 Å².